The van der Waals surface area contributed by atoms with E-state index in [1.165, 1.54) is 42.5 Å². The fraction of sp³-hybridized carbons (Fsp3) is 0.643. The van der Waals surface area contributed by atoms with Crippen LogP contribution in [0.15, 0.2) is 30.3 Å². The van der Waals surface area contributed by atoms with E-state index in [1.54, 1.807) is 0 Å². The van der Waals surface area contributed by atoms with Crippen molar-refractivity contribution in [1.82, 2.24) is 20.0 Å². The van der Waals surface area contributed by atoms with Gasteiger partial charge in [0, 0.05) is 42.2 Å². The second-order valence-corrected chi connectivity index (χ2v) is 10.9. The van der Waals surface area contributed by atoms with Gasteiger partial charge in [0.05, 0.1) is 5.69 Å². The van der Waals surface area contributed by atoms with Crippen molar-refractivity contribution in [1.29, 1.82) is 0 Å². The van der Waals surface area contributed by atoms with Gasteiger partial charge in [-0.2, -0.15) is 5.10 Å². The van der Waals surface area contributed by atoms with Crippen LogP contribution in [0.2, 0.25) is 0 Å². The minimum Gasteiger partial charge on any atom is -0.355 e. The molecule has 2 aromatic rings. The zero-order chi connectivity index (χ0) is 23.1. The maximum absolute atomic E-state index is 13.2. The third-order valence-corrected chi connectivity index (χ3v) is 9.12. The van der Waals surface area contributed by atoms with Crippen molar-refractivity contribution in [2.45, 2.75) is 84.2 Å². The lowest BCUT2D eigenvalue weighted by atomic mass is 9.78. The molecule has 1 spiro atoms. The van der Waals surface area contributed by atoms with Crippen LogP contribution in [-0.4, -0.2) is 40.2 Å². The Hall–Kier alpha value is -2.14. The number of hydrogen-bond donors (Lipinski definition) is 1. The first-order valence-corrected chi connectivity index (χ1v) is 13.0. The molecule has 1 saturated heterocycles. The molecule has 5 heteroatoms. The largest absolute Gasteiger partial charge is 0.355 e. The molecule has 1 N–H and O–H groups in total. The number of likely N-dealkylation sites (tertiary alicyclic amines) is 1. The molecule has 5 rings (SSSR count). The van der Waals surface area contributed by atoms with Crippen molar-refractivity contribution in [2.75, 3.05) is 19.6 Å². The number of piperidine rings is 1. The third kappa shape index (κ3) is 4.25. The van der Waals surface area contributed by atoms with Crippen LogP contribution in [0.25, 0.3) is 0 Å². The second kappa shape index (κ2) is 8.90. The molecule has 1 amide bonds. The van der Waals surface area contributed by atoms with Crippen molar-refractivity contribution in [3.8, 4) is 0 Å². The highest BCUT2D eigenvalue weighted by Crippen LogP contribution is 2.59. The summed E-state index contributed by atoms with van der Waals surface area (Å²) in [6.07, 6.45) is 8.29. The molecule has 3 aliphatic rings. The second-order valence-electron chi connectivity index (χ2n) is 10.9. The van der Waals surface area contributed by atoms with Crippen molar-refractivity contribution in [3.05, 3.63) is 52.8 Å². The molecule has 0 radical (unpaired) electrons. The van der Waals surface area contributed by atoms with Crippen molar-refractivity contribution < 1.29 is 4.79 Å². The van der Waals surface area contributed by atoms with Crippen LogP contribution in [0.1, 0.15) is 74.4 Å². The number of nitrogens with one attached hydrogen (secondary N) is 1. The smallest absolute Gasteiger partial charge is 0.223 e. The van der Waals surface area contributed by atoms with E-state index >= 15 is 0 Å². The van der Waals surface area contributed by atoms with Crippen molar-refractivity contribution in [2.24, 2.45) is 11.3 Å². The third-order valence-electron chi connectivity index (χ3n) is 9.12. The van der Waals surface area contributed by atoms with Crippen LogP contribution in [0.4, 0.5) is 0 Å². The molecule has 5 nitrogen and oxygen atoms in total. The number of carbonyl (C=O) groups is 1. The van der Waals surface area contributed by atoms with Crippen LogP contribution in [-0.2, 0) is 23.3 Å². The first-order valence-electron chi connectivity index (χ1n) is 13.0. The maximum atomic E-state index is 13.2. The highest BCUT2D eigenvalue weighted by atomic mass is 16.2. The fourth-order valence-electron chi connectivity index (χ4n) is 6.71. The van der Waals surface area contributed by atoms with Gasteiger partial charge in [-0.05, 0) is 76.9 Å². The van der Waals surface area contributed by atoms with Gasteiger partial charge < -0.3 is 5.32 Å². The van der Waals surface area contributed by atoms with E-state index in [2.05, 4.69) is 71.1 Å². The Bertz CT molecular complexity index is 981. The molecule has 178 valence electrons. The molecular weight excluding hydrogens is 408 g/mol. The molecule has 2 heterocycles. The Morgan fingerprint density at radius 2 is 1.79 bits per heavy atom. The van der Waals surface area contributed by atoms with Gasteiger partial charge in [-0.3, -0.25) is 14.4 Å². The Balaban J connectivity index is 1.15. The molecule has 2 saturated carbocycles. The predicted octanol–water partition coefficient (Wildman–Crippen LogP) is 4.75. The van der Waals surface area contributed by atoms with Gasteiger partial charge in [0.25, 0.3) is 0 Å². The number of amides is 1. The summed E-state index contributed by atoms with van der Waals surface area (Å²) in [6, 6.07) is 10.9. The average Bonchev–Trinajstić information content (AvgIpc) is 3.19. The van der Waals surface area contributed by atoms with Gasteiger partial charge in [0.2, 0.25) is 5.91 Å². The summed E-state index contributed by atoms with van der Waals surface area (Å²) in [5.41, 5.74) is 5.66. The fourth-order valence-corrected chi connectivity index (χ4v) is 6.71. The summed E-state index contributed by atoms with van der Waals surface area (Å²) in [6.45, 7) is 11.4. The summed E-state index contributed by atoms with van der Waals surface area (Å²) < 4.78 is 2.12. The number of aromatic nitrogens is 2. The highest BCUT2D eigenvalue weighted by Gasteiger charge is 2.58. The Morgan fingerprint density at radius 3 is 2.42 bits per heavy atom. The number of carbonyl (C=O) groups excluding carboxylic acids is 1. The molecule has 1 unspecified atom stereocenters. The Morgan fingerprint density at radius 1 is 1.09 bits per heavy atom. The lowest BCUT2D eigenvalue weighted by molar-refractivity contribution is -0.123. The summed E-state index contributed by atoms with van der Waals surface area (Å²) in [4.78, 5) is 15.7. The van der Waals surface area contributed by atoms with Gasteiger partial charge >= 0.3 is 0 Å². The molecule has 1 atom stereocenters. The normalized spacial score (nSPS) is 23.7. The zero-order valence-corrected chi connectivity index (χ0v) is 20.7. The number of benzene rings is 1. The molecule has 1 aromatic heterocycles. The van der Waals surface area contributed by atoms with Crippen LogP contribution in [0.5, 0.6) is 0 Å². The average molecular weight is 449 g/mol. The highest BCUT2D eigenvalue weighted by molar-refractivity contribution is 5.82. The van der Waals surface area contributed by atoms with Crippen LogP contribution < -0.4 is 5.32 Å². The van der Waals surface area contributed by atoms with Crippen LogP contribution in [0.3, 0.4) is 0 Å². The number of rotatable bonds is 7. The molecule has 3 fully saturated rings. The van der Waals surface area contributed by atoms with Gasteiger partial charge in [-0.15, -0.1) is 0 Å². The summed E-state index contributed by atoms with van der Waals surface area (Å²) >= 11 is 0. The van der Waals surface area contributed by atoms with Gasteiger partial charge in [0.15, 0.2) is 0 Å². The number of hydrogen-bond acceptors (Lipinski definition) is 3. The Labute approximate surface area is 198 Å². The zero-order valence-electron chi connectivity index (χ0n) is 20.7. The standard InChI is InChI=1S/C28H40N4O/c1-4-32-22(3)24(21(2)30-32)19-31-16-14-27(15-17-31)18-25(27)26(33)29-20-28(12-8-9-13-28)23-10-6-5-7-11-23/h5-7,10-11,25H,4,8-9,12-20H2,1-3H3,(H,29,33). The minimum absolute atomic E-state index is 0.140. The van der Waals surface area contributed by atoms with E-state index in [0.29, 0.717) is 5.91 Å². The molecule has 33 heavy (non-hydrogen) atoms. The van der Waals surface area contributed by atoms with Crippen molar-refractivity contribution >= 4 is 5.91 Å². The van der Waals surface area contributed by atoms with Crippen molar-refractivity contribution in [3.63, 3.8) is 0 Å². The monoisotopic (exact) mass is 448 g/mol. The predicted molar refractivity (Wildman–Crippen MR) is 132 cm³/mol. The summed E-state index contributed by atoms with van der Waals surface area (Å²) in [5.74, 6) is 0.529. The van der Waals surface area contributed by atoms with E-state index in [9.17, 15) is 4.79 Å². The first-order chi connectivity index (χ1) is 16.0. The van der Waals surface area contributed by atoms with Gasteiger partial charge in [-0.1, -0.05) is 43.2 Å². The van der Waals surface area contributed by atoms with Gasteiger partial charge in [0.1, 0.15) is 0 Å². The number of nitrogens with zero attached hydrogens (tertiary/aromatic N) is 3. The minimum atomic E-state index is 0.140. The number of aryl methyl sites for hydroxylation is 2. The molecule has 0 bridgehead atoms. The first kappa shape index (κ1) is 22.6. The molecular formula is C28H40N4O. The SMILES string of the molecule is CCn1nc(C)c(CN2CCC3(CC2)CC3C(=O)NCC2(c3ccccc3)CCCC2)c1C. The van der Waals surface area contributed by atoms with E-state index in [0.717, 1.165) is 57.7 Å². The van der Waals surface area contributed by atoms with E-state index in [1.807, 2.05) is 0 Å². The molecule has 2 aliphatic carbocycles. The topological polar surface area (TPSA) is 50.2 Å². The molecule has 1 aliphatic heterocycles. The lowest BCUT2D eigenvalue weighted by Gasteiger charge is -2.33. The maximum Gasteiger partial charge on any atom is 0.223 e. The summed E-state index contributed by atoms with van der Waals surface area (Å²) in [7, 11) is 0. The van der Waals surface area contributed by atoms with E-state index in [-0.39, 0.29) is 16.7 Å². The van der Waals surface area contributed by atoms with Crippen LogP contribution >= 0.6 is 0 Å². The molecule has 1 aromatic carbocycles. The van der Waals surface area contributed by atoms with E-state index < -0.39 is 0 Å². The van der Waals surface area contributed by atoms with Gasteiger partial charge in [-0.25, -0.2) is 0 Å². The Kier molecular flexibility index (Phi) is 6.11. The summed E-state index contributed by atoms with van der Waals surface area (Å²) in [5, 5.41) is 8.10. The quantitative estimate of drug-likeness (QED) is 0.665. The lowest BCUT2D eigenvalue weighted by Crippen LogP contribution is -2.41. The van der Waals surface area contributed by atoms with Crippen LogP contribution in [0, 0.1) is 25.2 Å². The van der Waals surface area contributed by atoms with E-state index in [4.69, 9.17) is 0 Å².